The van der Waals surface area contributed by atoms with E-state index in [1.165, 1.54) is 10.9 Å². The molecule has 1 aromatic heterocycles. The molecule has 29 heavy (non-hydrogen) atoms. The van der Waals surface area contributed by atoms with Gasteiger partial charge >= 0.3 is 6.03 Å². The molecular formula is C20H21ClN4O3S. The predicted molar refractivity (Wildman–Crippen MR) is 111 cm³/mol. The van der Waals surface area contributed by atoms with Crippen molar-refractivity contribution in [1.29, 1.82) is 0 Å². The molecule has 1 amide bonds. The van der Waals surface area contributed by atoms with E-state index < -0.39 is 10.0 Å². The number of nitrogens with zero attached hydrogens (tertiary/aromatic N) is 3. The van der Waals surface area contributed by atoms with Crippen molar-refractivity contribution < 1.29 is 13.2 Å². The second kappa shape index (κ2) is 8.14. The molecule has 2 aromatic carbocycles. The molecule has 0 atom stereocenters. The van der Waals surface area contributed by atoms with Gasteiger partial charge in [-0.15, -0.1) is 0 Å². The highest BCUT2D eigenvalue weighted by molar-refractivity contribution is 7.89. The van der Waals surface area contributed by atoms with Gasteiger partial charge in [0.15, 0.2) is 0 Å². The summed E-state index contributed by atoms with van der Waals surface area (Å²) in [6, 6.07) is 11.5. The average molecular weight is 433 g/mol. The van der Waals surface area contributed by atoms with Crippen LogP contribution in [0.4, 0.5) is 4.79 Å². The van der Waals surface area contributed by atoms with Gasteiger partial charge in [-0.3, -0.25) is 4.57 Å². The lowest BCUT2D eigenvalue weighted by molar-refractivity contribution is 0.242. The van der Waals surface area contributed by atoms with Crippen molar-refractivity contribution in [3.63, 3.8) is 0 Å². The third kappa shape index (κ3) is 4.14. The molecule has 0 spiro atoms. The van der Waals surface area contributed by atoms with E-state index in [1.807, 2.05) is 0 Å². The monoisotopic (exact) mass is 432 g/mol. The van der Waals surface area contributed by atoms with Crippen LogP contribution in [0.3, 0.4) is 0 Å². The SMILES string of the molecule is O=C(NCc1ccc(S(=O)(=O)N2CCCCC2)cc1)n1cnc2cc(Cl)ccc21. The molecule has 1 saturated heterocycles. The zero-order chi connectivity index (χ0) is 20.4. The standard InChI is InChI=1S/C20H21ClN4O3S/c21-16-6-9-19-18(12-16)23-14-25(19)20(26)22-13-15-4-7-17(8-5-15)29(27,28)24-10-2-1-3-11-24/h4-9,12,14H,1-3,10-11,13H2,(H,22,26). The normalized spacial score (nSPS) is 15.5. The van der Waals surface area contributed by atoms with Crippen LogP contribution in [0.1, 0.15) is 24.8 Å². The van der Waals surface area contributed by atoms with E-state index >= 15 is 0 Å². The highest BCUT2D eigenvalue weighted by atomic mass is 35.5. The van der Waals surface area contributed by atoms with Gasteiger partial charge < -0.3 is 5.32 Å². The number of fused-ring (bicyclic) bond motifs is 1. The number of hydrogen-bond donors (Lipinski definition) is 1. The van der Waals surface area contributed by atoms with Crippen molar-refractivity contribution in [2.24, 2.45) is 0 Å². The van der Waals surface area contributed by atoms with E-state index in [2.05, 4.69) is 10.3 Å². The summed E-state index contributed by atoms with van der Waals surface area (Å²) in [7, 11) is -3.45. The van der Waals surface area contributed by atoms with Gasteiger partial charge in [0.1, 0.15) is 6.33 Å². The number of nitrogens with one attached hydrogen (secondary N) is 1. The van der Waals surface area contributed by atoms with Gasteiger partial charge in [0.25, 0.3) is 0 Å². The van der Waals surface area contributed by atoms with Crippen LogP contribution in [0.5, 0.6) is 0 Å². The molecule has 2 heterocycles. The maximum absolute atomic E-state index is 12.7. The summed E-state index contributed by atoms with van der Waals surface area (Å²) >= 11 is 5.95. The zero-order valence-corrected chi connectivity index (χ0v) is 17.3. The maximum atomic E-state index is 12.7. The number of imidazole rings is 1. The molecule has 1 fully saturated rings. The number of piperidine rings is 1. The van der Waals surface area contributed by atoms with E-state index in [-0.39, 0.29) is 17.5 Å². The Kier molecular flexibility index (Phi) is 5.58. The van der Waals surface area contributed by atoms with Gasteiger partial charge in [0, 0.05) is 24.7 Å². The molecule has 152 valence electrons. The fourth-order valence-corrected chi connectivity index (χ4v) is 5.13. The minimum atomic E-state index is -3.45. The molecule has 0 radical (unpaired) electrons. The minimum Gasteiger partial charge on any atom is -0.333 e. The van der Waals surface area contributed by atoms with Crippen LogP contribution in [0.25, 0.3) is 11.0 Å². The molecule has 0 saturated carbocycles. The van der Waals surface area contributed by atoms with Crippen LogP contribution >= 0.6 is 11.6 Å². The number of amides is 1. The summed E-state index contributed by atoms with van der Waals surface area (Å²) in [5.74, 6) is 0. The topological polar surface area (TPSA) is 84.3 Å². The first-order chi connectivity index (χ1) is 13.9. The highest BCUT2D eigenvalue weighted by Crippen LogP contribution is 2.21. The van der Waals surface area contributed by atoms with Gasteiger partial charge in [0.2, 0.25) is 10.0 Å². The maximum Gasteiger partial charge on any atom is 0.327 e. The Bertz CT molecular complexity index is 1140. The lowest BCUT2D eigenvalue weighted by atomic mass is 10.2. The number of carbonyl (C=O) groups excluding carboxylic acids is 1. The van der Waals surface area contributed by atoms with E-state index in [9.17, 15) is 13.2 Å². The third-order valence-corrected chi connectivity index (χ3v) is 7.20. The highest BCUT2D eigenvalue weighted by Gasteiger charge is 2.25. The van der Waals surface area contributed by atoms with Crippen molar-refractivity contribution in [2.45, 2.75) is 30.7 Å². The van der Waals surface area contributed by atoms with Gasteiger partial charge in [-0.05, 0) is 48.7 Å². The van der Waals surface area contributed by atoms with Crippen molar-refractivity contribution in [3.8, 4) is 0 Å². The molecule has 0 bridgehead atoms. The molecule has 4 rings (SSSR count). The smallest absolute Gasteiger partial charge is 0.327 e. The second-order valence-corrected chi connectivity index (χ2v) is 9.39. The second-order valence-electron chi connectivity index (χ2n) is 7.02. The van der Waals surface area contributed by atoms with Gasteiger partial charge in [-0.2, -0.15) is 4.31 Å². The Morgan fingerprint density at radius 2 is 1.79 bits per heavy atom. The van der Waals surface area contributed by atoms with Gasteiger partial charge in [-0.1, -0.05) is 30.2 Å². The predicted octanol–water partition coefficient (Wildman–Crippen LogP) is 3.62. The number of rotatable bonds is 4. The molecule has 0 unspecified atom stereocenters. The molecular weight excluding hydrogens is 412 g/mol. The Morgan fingerprint density at radius 1 is 1.07 bits per heavy atom. The lowest BCUT2D eigenvalue weighted by Crippen LogP contribution is -2.35. The van der Waals surface area contributed by atoms with Crippen molar-refractivity contribution in [1.82, 2.24) is 19.2 Å². The van der Waals surface area contributed by atoms with Crippen LogP contribution in [-0.2, 0) is 16.6 Å². The van der Waals surface area contributed by atoms with E-state index in [1.54, 1.807) is 46.8 Å². The van der Waals surface area contributed by atoms with Crippen molar-refractivity contribution in [3.05, 3.63) is 59.4 Å². The van der Waals surface area contributed by atoms with E-state index in [4.69, 9.17) is 11.6 Å². The van der Waals surface area contributed by atoms with Gasteiger partial charge in [-0.25, -0.2) is 18.2 Å². The molecule has 1 aliphatic heterocycles. The fourth-order valence-electron chi connectivity index (χ4n) is 3.44. The number of sulfonamides is 1. The first kappa shape index (κ1) is 19.9. The molecule has 1 N–H and O–H groups in total. The van der Waals surface area contributed by atoms with Crippen LogP contribution in [0, 0.1) is 0 Å². The average Bonchev–Trinajstić information content (AvgIpc) is 3.16. The molecule has 0 aliphatic carbocycles. The summed E-state index contributed by atoms with van der Waals surface area (Å²) < 4.78 is 28.4. The summed E-state index contributed by atoms with van der Waals surface area (Å²) in [5, 5.41) is 3.38. The first-order valence-electron chi connectivity index (χ1n) is 9.45. The van der Waals surface area contributed by atoms with Crippen LogP contribution < -0.4 is 5.32 Å². The summed E-state index contributed by atoms with van der Waals surface area (Å²) in [4.78, 5) is 17.0. The molecule has 9 heteroatoms. The fraction of sp³-hybridized carbons (Fsp3) is 0.300. The van der Waals surface area contributed by atoms with Crippen LogP contribution in [0.2, 0.25) is 5.02 Å². The first-order valence-corrected chi connectivity index (χ1v) is 11.3. The molecule has 1 aliphatic rings. The summed E-state index contributed by atoms with van der Waals surface area (Å²) in [6.45, 7) is 1.42. The Morgan fingerprint density at radius 3 is 2.52 bits per heavy atom. The van der Waals surface area contributed by atoms with Crippen molar-refractivity contribution in [2.75, 3.05) is 13.1 Å². The Hall–Kier alpha value is -2.42. The van der Waals surface area contributed by atoms with Gasteiger partial charge in [0.05, 0.1) is 15.9 Å². The number of aromatic nitrogens is 2. The molecule has 3 aromatic rings. The Balaban J connectivity index is 1.43. The quantitative estimate of drug-likeness (QED) is 0.682. The third-order valence-electron chi connectivity index (χ3n) is 5.05. The van der Waals surface area contributed by atoms with Crippen LogP contribution in [-0.4, -0.2) is 41.4 Å². The van der Waals surface area contributed by atoms with E-state index in [0.717, 1.165) is 24.8 Å². The van der Waals surface area contributed by atoms with Crippen molar-refractivity contribution >= 4 is 38.7 Å². The number of benzene rings is 2. The number of carbonyl (C=O) groups is 1. The number of halogens is 1. The van der Waals surface area contributed by atoms with E-state index in [0.29, 0.717) is 29.1 Å². The summed E-state index contributed by atoms with van der Waals surface area (Å²) in [5.41, 5.74) is 2.11. The largest absolute Gasteiger partial charge is 0.333 e. The lowest BCUT2D eigenvalue weighted by Gasteiger charge is -2.25. The molecule has 7 nitrogen and oxygen atoms in total. The number of hydrogen-bond acceptors (Lipinski definition) is 4. The summed E-state index contributed by atoms with van der Waals surface area (Å²) in [6.07, 6.45) is 4.32. The minimum absolute atomic E-state index is 0.274. The Labute approximate surface area is 174 Å². The van der Waals surface area contributed by atoms with Crippen LogP contribution in [0.15, 0.2) is 53.7 Å². The zero-order valence-electron chi connectivity index (χ0n) is 15.7.